The Morgan fingerprint density at radius 3 is 1.97 bits per heavy atom. The van der Waals surface area contributed by atoms with Gasteiger partial charge in [0.15, 0.2) is 0 Å². The fraction of sp³-hybridized carbons (Fsp3) is 0.263. The quantitative estimate of drug-likeness (QED) is 0.335. The number of hydrogen-bond acceptors (Lipinski definition) is 7. The van der Waals surface area contributed by atoms with Crippen LogP contribution in [-0.4, -0.2) is 70.9 Å². The molecule has 1 saturated heterocycles. The van der Waals surface area contributed by atoms with Gasteiger partial charge in [0.2, 0.25) is 10.0 Å². The van der Waals surface area contributed by atoms with Crippen LogP contribution in [0.1, 0.15) is 5.56 Å². The van der Waals surface area contributed by atoms with E-state index < -0.39 is 26.9 Å². The Balaban J connectivity index is 0.000000534. The molecule has 0 saturated carbocycles. The molecular formula is C19H20BrN3O8S. The second-order valence-corrected chi connectivity index (χ2v) is 9.43. The molecule has 2 aromatic carbocycles. The summed E-state index contributed by atoms with van der Waals surface area (Å²) in [7, 11) is -3.63. The van der Waals surface area contributed by atoms with Crippen molar-refractivity contribution in [2.24, 2.45) is 0 Å². The van der Waals surface area contributed by atoms with Crippen LogP contribution >= 0.6 is 15.9 Å². The Bertz CT molecular complexity index is 1070. The number of hydrogen-bond donors (Lipinski definition) is 2. The van der Waals surface area contributed by atoms with E-state index in [9.17, 15) is 18.5 Å². The maximum absolute atomic E-state index is 12.7. The van der Waals surface area contributed by atoms with Gasteiger partial charge in [-0.2, -0.15) is 4.31 Å². The van der Waals surface area contributed by atoms with E-state index in [-0.39, 0.29) is 10.6 Å². The summed E-state index contributed by atoms with van der Waals surface area (Å²) in [5.41, 5.74) is 1.04. The molecule has 0 bridgehead atoms. The number of halogens is 1. The highest BCUT2D eigenvalue weighted by atomic mass is 79.9. The highest BCUT2D eigenvalue weighted by molar-refractivity contribution is 9.10. The fourth-order valence-electron chi connectivity index (χ4n) is 2.88. The van der Waals surface area contributed by atoms with Crippen LogP contribution in [0.2, 0.25) is 0 Å². The van der Waals surface area contributed by atoms with Crippen LogP contribution in [0.15, 0.2) is 57.9 Å². The second kappa shape index (κ2) is 11.1. The predicted octanol–water partition coefficient (Wildman–Crippen LogP) is 2.02. The Labute approximate surface area is 192 Å². The van der Waals surface area contributed by atoms with Crippen LogP contribution in [0.25, 0.3) is 0 Å². The zero-order valence-corrected chi connectivity index (χ0v) is 19.0. The number of aliphatic carboxylic acids is 2. The lowest BCUT2D eigenvalue weighted by molar-refractivity contribution is -0.384. The SMILES string of the molecule is O=C(O)C(=O)O.O=[N+]([O-])c1ccc(S(=O)(=O)N2CCN(Cc3ccccc3Br)CC2)cc1. The van der Waals surface area contributed by atoms with E-state index in [0.29, 0.717) is 26.2 Å². The highest BCUT2D eigenvalue weighted by Gasteiger charge is 2.29. The van der Waals surface area contributed by atoms with Crippen molar-refractivity contribution in [2.75, 3.05) is 26.2 Å². The number of nitro groups is 1. The molecule has 1 aliphatic heterocycles. The molecule has 0 unspecified atom stereocenters. The lowest BCUT2D eigenvalue weighted by Gasteiger charge is -2.34. The number of sulfonamides is 1. The molecule has 0 spiro atoms. The number of non-ortho nitro benzene ring substituents is 1. The van der Waals surface area contributed by atoms with Gasteiger partial charge in [0.25, 0.3) is 5.69 Å². The number of piperazine rings is 1. The molecule has 1 heterocycles. The third-order valence-corrected chi connectivity index (χ3v) is 7.24. The summed E-state index contributed by atoms with van der Waals surface area (Å²) in [6, 6.07) is 13.0. The highest BCUT2D eigenvalue weighted by Crippen LogP contribution is 2.22. The first-order valence-corrected chi connectivity index (χ1v) is 11.4. The lowest BCUT2D eigenvalue weighted by Crippen LogP contribution is -2.48. The van der Waals surface area contributed by atoms with E-state index >= 15 is 0 Å². The molecule has 0 aliphatic carbocycles. The van der Waals surface area contributed by atoms with Crippen molar-refractivity contribution in [3.63, 3.8) is 0 Å². The van der Waals surface area contributed by atoms with Crippen molar-refractivity contribution in [2.45, 2.75) is 11.4 Å². The summed E-state index contributed by atoms with van der Waals surface area (Å²) >= 11 is 3.53. The molecular weight excluding hydrogens is 510 g/mol. The smallest absolute Gasteiger partial charge is 0.414 e. The Kier molecular flexibility index (Phi) is 8.83. The van der Waals surface area contributed by atoms with E-state index in [0.717, 1.165) is 11.0 Å². The van der Waals surface area contributed by atoms with Crippen LogP contribution in [0.5, 0.6) is 0 Å². The summed E-state index contributed by atoms with van der Waals surface area (Å²) in [6.45, 7) is 2.81. The number of carbonyl (C=O) groups is 2. The molecule has 13 heteroatoms. The van der Waals surface area contributed by atoms with Crippen molar-refractivity contribution < 1.29 is 33.1 Å². The molecule has 2 N–H and O–H groups in total. The van der Waals surface area contributed by atoms with Gasteiger partial charge in [0.1, 0.15) is 0 Å². The molecule has 0 aromatic heterocycles. The number of nitro benzene ring substituents is 1. The van der Waals surface area contributed by atoms with Crippen molar-refractivity contribution in [3.8, 4) is 0 Å². The number of nitrogens with zero attached hydrogens (tertiary/aromatic N) is 3. The minimum absolute atomic E-state index is 0.0855. The maximum atomic E-state index is 12.7. The zero-order valence-electron chi connectivity index (χ0n) is 16.6. The molecule has 32 heavy (non-hydrogen) atoms. The van der Waals surface area contributed by atoms with E-state index in [2.05, 4.69) is 20.8 Å². The Morgan fingerprint density at radius 2 is 1.50 bits per heavy atom. The van der Waals surface area contributed by atoms with Crippen LogP contribution in [0, 0.1) is 10.1 Å². The Morgan fingerprint density at radius 1 is 0.969 bits per heavy atom. The molecule has 0 atom stereocenters. The van der Waals surface area contributed by atoms with Gasteiger partial charge in [-0.15, -0.1) is 0 Å². The first-order chi connectivity index (χ1) is 15.0. The third kappa shape index (κ3) is 6.82. The number of carboxylic acids is 2. The van der Waals surface area contributed by atoms with Gasteiger partial charge >= 0.3 is 11.9 Å². The third-order valence-electron chi connectivity index (χ3n) is 4.55. The van der Waals surface area contributed by atoms with Crippen molar-refractivity contribution >= 4 is 43.6 Å². The minimum Gasteiger partial charge on any atom is -0.473 e. The van der Waals surface area contributed by atoms with Gasteiger partial charge in [-0.1, -0.05) is 34.1 Å². The topological polar surface area (TPSA) is 158 Å². The molecule has 3 rings (SSSR count). The largest absolute Gasteiger partial charge is 0.473 e. The minimum atomic E-state index is -3.63. The van der Waals surface area contributed by atoms with Crippen molar-refractivity contribution in [3.05, 3.63) is 68.7 Å². The molecule has 172 valence electrons. The predicted molar refractivity (Wildman–Crippen MR) is 117 cm³/mol. The molecule has 1 fully saturated rings. The second-order valence-electron chi connectivity index (χ2n) is 6.63. The molecule has 1 aliphatic rings. The van der Waals surface area contributed by atoms with Gasteiger partial charge in [0.05, 0.1) is 9.82 Å². The molecule has 0 amide bonds. The Hall–Kier alpha value is -2.87. The van der Waals surface area contributed by atoms with E-state index in [1.807, 2.05) is 24.3 Å². The van der Waals surface area contributed by atoms with Crippen LogP contribution < -0.4 is 0 Å². The number of carboxylic acid groups (broad SMARTS) is 2. The van der Waals surface area contributed by atoms with Crippen LogP contribution in [-0.2, 0) is 26.2 Å². The van der Waals surface area contributed by atoms with E-state index in [1.165, 1.54) is 34.1 Å². The summed E-state index contributed by atoms with van der Waals surface area (Å²) in [5.74, 6) is -3.65. The first kappa shape index (κ1) is 25.4. The van der Waals surface area contributed by atoms with Gasteiger partial charge in [-0.25, -0.2) is 18.0 Å². The summed E-state index contributed by atoms with van der Waals surface area (Å²) < 4.78 is 27.9. The van der Waals surface area contributed by atoms with Crippen LogP contribution in [0.3, 0.4) is 0 Å². The van der Waals surface area contributed by atoms with Crippen molar-refractivity contribution in [1.29, 1.82) is 0 Å². The first-order valence-electron chi connectivity index (χ1n) is 9.19. The normalized spacial score (nSPS) is 14.8. The summed E-state index contributed by atoms with van der Waals surface area (Å²) in [5, 5.41) is 25.5. The summed E-state index contributed by atoms with van der Waals surface area (Å²) in [4.78, 5) is 30.7. The molecule has 11 nitrogen and oxygen atoms in total. The van der Waals surface area contributed by atoms with E-state index in [4.69, 9.17) is 19.8 Å². The van der Waals surface area contributed by atoms with Crippen molar-refractivity contribution in [1.82, 2.24) is 9.21 Å². The average molecular weight is 530 g/mol. The number of rotatable bonds is 5. The van der Waals surface area contributed by atoms with Gasteiger partial charge in [-0.05, 0) is 23.8 Å². The maximum Gasteiger partial charge on any atom is 0.414 e. The van der Waals surface area contributed by atoms with Crippen LogP contribution in [0.4, 0.5) is 5.69 Å². The number of benzene rings is 2. The van der Waals surface area contributed by atoms with Gasteiger partial charge < -0.3 is 10.2 Å². The van der Waals surface area contributed by atoms with Gasteiger partial charge in [-0.3, -0.25) is 15.0 Å². The lowest BCUT2D eigenvalue weighted by atomic mass is 10.2. The van der Waals surface area contributed by atoms with Gasteiger partial charge in [0, 0.05) is 49.3 Å². The standard InChI is InChI=1S/C17H18BrN3O4S.C2H2O4/c18-17-4-2-1-3-14(17)13-19-9-11-20(12-10-19)26(24,25)16-7-5-15(6-8-16)21(22)23;3-1(4)2(5)6/h1-8H,9-13H2;(H,3,4)(H,5,6). The van der Waals surface area contributed by atoms with E-state index in [1.54, 1.807) is 0 Å². The molecule has 2 aromatic rings. The monoisotopic (exact) mass is 529 g/mol. The zero-order chi connectivity index (χ0) is 23.9. The summed E-state index contributed by atoms with van der Waals surface area (Å²) in [6.07, 6.45) is 0. The fourth-order valence-corrected chi connectivity index (χ4v) is 4.72. The molecule has 0 radical (unpaired) electrons. The average Bonchev–Trinajstić information content (AvgIpc) is 2.76.